The van der Waals surface area contributed by atoms with Crippen LogP contribution in [0.25, 0.3) is 16.6 Å². The SMILES string of the molecule is CCc1cccc(C)c1NC(=O)CSc1nncn2c1cc1oc(C)cc12. The van der Waals surface area contributed by atoms with Gasteiger partial charge in [-0.25, -0.2) is 0 Å². The van der Waals surface area contributed by atoms with Gasteiger partial charge < -0.3 is 9.73 Å². The van der Waals surface area contributed by atoms with Crippen molar-refractivity contribution in [2.75, 3.05) is 11.1 Å². The summed E-state index contributed by atoms with van der Waals surface area (Å²) >= 11 is 1.37. The minimum Gasteiger partial charge on any atom is -0.460 e. The number of thioether (sulfide) groups is 1. The summed E-state index contributed by atoms with van der Waals surface area (Å²) in [4.78, 5) is 12.5. The second kappa shape index (κ2) is 7.08. The molecule has 138 valence electrons. The molecule has 3 aromatic heterocycles. The van der Waals surface area contributed by atoms with Crippen molar-refractivity contribution in [2.24, 2.45) is 0 Å². The molecule has 1 N–H and O–H groups in total. The van der Waals surface area contributed by atoms with E-state index < -0.39 is 0 Å². The summed E-state index contributed by atoms with van der Waals surface area (Å²) in [5.74, 6) is 1.06. The van der Waals surface area contributed by atoms with Crippen molar-refractivity contribution in [1.82, 2.24) is 14.6 Å². The zero-order valence-electron chi connectivity index (χ0n) is 15.4. The van der Waals surface area contributed by atoms with Crippen LogP contribution < -0.4 is 5.32 Å². The average Bonchev–Trinajstić information content (AvgIpc) is 3.18. The number of nitrogens with one attached hydrogen (secondary N) is 1. The molecule has 0 radical (unpaired) electrons. The molecule has 0 aliphatic heterocycles. The van der Waals surface area contributed by atoms with Gasteiger partial charge in [-0.1, -0.05) is 36.9 Å². The van der Waals surface area contributed by atoms with E-state index in [1.54, 1.807) is 6.33 Å². The number of hydrogen-bond donors (Lipinski definition) is 1. The largest absolute Gasteiger partial charge is 0.460 e. The smallest absolute Gasteiger partial charge is 0.234 e. The fourth-order valence-corrected chi connectivity index (χ4v) is 3.97. The van der Waals surface area contributed by atoms with Crippen LogP contribution in [-0.2, 0) is 11.2 Å². The summed E-state index contributed by atoms with van der Waals surface area (Å²) in [6.07, 6.45) is 2.54. The Hall–Kier alpha value is -2.80. The second-order valence-electron chi connectivity index (χ2n) is 6.44. The van der Waals surface area contributed by atoms with Crippen LogP contribution in [0.1, 0.15) is 23.8 Å². The predicted octanol–water partition coefficient (Wildman–Crippen LogP) is 4.39. The van der Waals surface area contributed by atoms with E-state index in [4.69, 9.17) is 4.42 Å². The molecule has 0 aliphatic rings. The highest BCUT2D eigenvalue weighted by atomic mass is 32.2. The van der Waals surface area contributed by atoms with Crippen molar-refractivity contribution < 1.29 is 9.21 Å². The van der Waals surface area contributed by atoms with E-state index in [-0.39, 0.29) is 11.7 Å². The molecule has 3 heterocycles. The lowest BCUT2D eigenvalue weighted by Gasteiger charge is -2.12. The van der Waals surface area contributed by atoms with Crippen molar-refractivity contribution in [3.05, 3.63) is 53.5 Å². The summed E-state index contributed by atoms with van der Waals surface area (Å²) in [7, 11) is 0. The number of amides is 1. The maximum atomic E-state index is 12.5. The molecule has 4 rings (SSSR count). The van der Waals surface area contributed by atoms with Gasteiger partial charge in [0.15, 0.2) is 5.58 Å². The molecule has 27 heavy (non-hydrogen) atoms. The third kappa shape index (κ3) is 3.30. The molecule has 0 bridgehead atoms. The van der Waals surface area contributed by atoms with Crippen molar-refractivity contribution in [1.29, 1.82) is 0 Å². The highest BCUT2D eigenvalue weighted by Crippen LogP contribution is 2.29. The van der Waals surface area contributed by atoms with Gasteiger partial charge in [0, 0.05) is 17.8 Å². The Morgan fingerprint density at radius 1 is 1.26 bits per heavy atom. The van der Waals surface area contributed by atoms with Crippen LogP contribution in [0.3, 0.4) is 0 Å². The zero-order valence-corrected chi connectivity index (χ0v) is 16.3. The molecule has 0 fully saturated rings. The van der Waals surface area contributed by atoms with Gasteiger partial charge in [0.2, 0.25) is 5.91 Å². The van der Waals surface area contributed by atoms with E-state index in [9.17, 15) is 4.79 Å². The van der Waals surface area contributed by atoms with E-state index in [0.717, 1.165) is 45.6 Å². The van der Waals surface area contributed by atoms with Crippen LogP contribution in [-0.4, -0.2) is 26.3 Å². The van der Waals surface area contributed by atoms with Gasteiger partial charge in [0.05, 0.1) is 16.8 Å². The average molecular weight is 380 g/mol. The maximum Gasteiger partial charge on any atom is 0.234 e. The number of carbonyl (C=O) groups excluding carboxylic acids is 1. The second-order valence-corrected chi connectivity index (χ2v) is 7.41. The molecule has 1 amide bonds. The molecule has 0 spiro atoms. The van der Waals surface area contributed by atoms with E-state index in [0.29, 0.717) is 5.03 Å². The number of para-hydroxylation sites is 1. The van der Waals surface area contributed by atoms with Crippen LogP contribution in [0, 0.1) is 13.8 Å². The monoisotopic (exact) mass is 380 g/mol. The van der Waals surface area contributed by atoms with E-state index in [1.807, 2.05) is 48.6 Å². The predicted molar refractivity (Wildman–Crippen MR) is 107 cm³/mol. The highest BCUT2D eigenvalue weighted by molar-refractivity contribution is 8.00. The van der Waals surface area contributed by atoms with E-state index in [1.165, 1.54) is 11.8 Å². The number of hydrogen-bond acceptors (Lipinski definition) is 5. The first-order chi connectivity index (χ1) is 13.1. The molecular formula is C20H20N4O2S. The summed E-state index contributed by atoms with van der Waals surface area (Å²) in [6, 6.07) is 9.97. The zero-order chi connectivity index (χ0) is 19.0. The minimum absolute atomic E-state index is 0.0566. The summed E-state index contributed by atoms with van der Waals surface area (Å²) < 4.78 is 7.63. The quantitative estimate of drug-likeness (QED) is 0.520. The number of aromatic nitrogens is 3. The Morgan fingerprint density at radius 2 is 2.11 bits per heavy atom. The first-order valence-electron chi connectivity index (χ1n) is 8.81. The van der Waals surface area contributed by atoms with Gasteiger partial charge >= 0.3 is 0 Å². The van der Waals surface area contributed by atoms with E-state index in [2.05, 4.69) is 22.4 Å². The van der Waals surface area contributed by atoms with Gasteiger partial charge in [-0.2, -0.15) is 0 Å². The molecule has 0 aliphatic carbocycles. The number of furan rings is 1. The standard InChI is InChI=1S/C20H20N4O2S/c1-4-14-7-5-6-12(2)19(14)22-18(25)10-27-20-16-9-17-15(8-13(3)26-17)24(16)11-21-23-20/h5-9,11H,4,10H2,1-3H3,(H,22,25). The van der Waals surface area contributed by atoms with E-state index >= 15 is 0 Å². The molecule has 0 saturated carbocycles. The van der Waals surface area contributed by atoms with Crippen molar-refractivity contribution in [3.8, 4) is 0 Å². The van der Waals surface area contributed by atoms with Crippen LogP contribution >= 0.6 is 11.8 Å². The lowest BCUT2D eigenvalue weighted by Crippen LogP contribution is -2.16. The topological polar surface area (TPSA) is 72.4 Å². The Kier molecular flexibility index (Phi) is 4.61. The Bertz CT molecular complexity index is 1150. The Morgan fingerprint density at radius 3 is 2.93 bits per heavy atom. The molecule has 0 unspecified atom stereocenters. The first kappa shape index (κ1) is 17.6. The minimum atomic E-state index is -0.0566. The fourth-order valence-electron chi connectivity index (χ4n) is 3.22. The third-order valence-corrected chi connectivity index (χ3v) is 5.50. The number of anilines is 1. The van der Waals surface area contributed by atoms with Crippen LogP contribution in [0.5, 0.6) is 0 Å². The Balaban J connectivity index is 1.54. The number of benzene rings is 1. The molecule has 4 aromatic rings. The molecular weight excluding hydrogens is 360 g/mol. The highest BCUT2D eigenvalue weighted by Gasteiger charge is 2.14. The molecule has 1 aromatic carbocycles. The van der Waals surface area contributed by atoms with Gasteiger partial charge in [-0.3, -0.25) is 9.20 Å². The lowest BCUT2D eigenvalue weighted by molar-refractivity contribution is -0.113. The van der Waals surface area contributed by atoms with Crippen molar-refractivity contribution >= 4 is 40.0 Å². The summed E-state index contributed by atoms with van der Waals surface area (Å²) in [5, 5.41) is 12.0. The van der Waals surface area contributed by atoms with Gasteiger partial charge in [0.1, 0.15) is 17.1 Å². The van der Waals surface area contributed by atoms with Gasteiger partial charge in [-0.05, 0) is 31.4 Å². The number of carbonyl (C=O) groups is 1. The summed E-state index contributed by atoms with van der Waals surface area (Å²) in [5.41, 5.74) is 5.75. The lowest BCUT2D eigenvalue weighted by atomic mass is 10.1. The number of rotatable bonds is 5. The molecule has 6 nitrogen and oxygen atoms in total. The first-order valence-corrected chi connectivity index (χ1v) is 9.79. The normalized spacial score (nSPS) is 11.4. The number of aryl methyl sites for hydroxylation is 3. The van der Waals surface area contributed by atoms with Crippen LogP contribution in [0.4, 0.5) is 5.69 Å². The number of fused-ring (bicyclic) bond motifs is 3. The van der Waals surface area contributed by atoms with Crippen molar-refractivity contribution in [3.63, 3.8) is 0 Å². The molecule has 0 atom stereocenters. The van der Waals surface area contributed by atoms with Crippen molar-refractivity contribution in [2.45, 2.75) is 32.2 Å². The van der Waals surface area contributed by atoms with Gasteiger partial charge in [0.25, 0.3) is 0 Å². The number of nitrogens with zero attached hydrogens (tertiary/aromatic N) is 3. The molecule has 7 heteroatoms. The maximum absolute atomic E-state index is 12.5. The van der Waals surface area contributed by atoms with Crippen LogP contribution in [0.2, 0.25) is 0 Å². The fraction of sp³-hybridized carbons (Fsp3) is 0.250. The van der Waals surface area contributed by atoms with Crippen LogP contribution in [0.15, 0.2) is 46.1 Å². The van der Waals surface area contributed by atoms with Gasteiger partial charge in [-0.15, -0.1) is 10.2 Å². The summed E-state index contributed by atoms with van der Waals surface area (Å²) in [6.45, 7) is 6.00. The third-order valence-electron chi connectivity index (χ3n) is 4.53. The Labute approximate surface area is 161 Å². The molecule has 0 saturated heterocycles.